The molecule has 1 atom stereocenters. The first-order chi connectivity index (χ1) is 10.3. The van der Waals surface area contributed by atoms with Crippen molar-refractivity contribution in [1.82, 2.24) is 4.90 Å². The van der Waals surface area contributed by atoms with Crippen molar-refractivity contribution in [1.29, 1.82) is 0 Å². The normalized spacial score (nSPS) is 11.8. The number of carboxylic acids is 1. The number of hydrogen-bond acceptors (Lipinski definition) is 6. The lowest BCUT2D eigenvalue weighted by Crippen LogP contribution is -2.38. The second kappa shape index (κ2) is 7.36. The topological polar surface area (TPSA) is 122 Å². The summed E-state index contributed by atoms with van der Waals surface area (Å²) in [7, 11) is 4.44. The minimum absolute atomic E-state index is 0.115. The van der Waals surface area contributed by atoms with Crippen LogP contribution >= 0.6 is 0 Å². The van der Waals surface area contributed by atoms with E-state index in [9.17, 15) is 19.7 Å². The molecule has 9 nitrogen and oxygen atoms in total. The maximum atomic E-state index is 12.0. The van der Waals surface area contributed by atoms with Crippen molar-refractivity contribution in [3.63, 3.8) is 0 Å². The first-order valence-electron chi connectivity index (χ1n) is 6.27. The van der Waals surface area contributed by atoms with Gasteiger partial charge in [0.2, 0.25) is 5.91 Å². The number of amides is 1. The largest absolute Gasteiger partial charge is 0.495 e. The zero-order valence-electron chi connectivity index (χ0n) is 12.4. The van der Waals surface area contributed by atoms with Gasteiger partial charge in [-0.1, -0.05) is 0 Å². The van der Waals surface area contributed by atoms with Gasteiger partial charge in [0.25, 0.3) is 5.69 Å². The van der Waals surface area contributed by atoms with Gasteiger partial charge in [0.15, 0.2) is 0 Å². The molecule has 1 aromatic carbocycles. The third kappa shape index (κ3) is 4.42. The number of benzene rings is 1. The quantitative estimate of drug-likeness (QED) is 0.567. The number of carboxylic acid groups (broad SMARTS) is 1. The molecule has 1 unspecified atom stereocenters. The predicted octanol–water partition coefficient (Wildman–Crippen LogP) is 0.947. The van der Waals surface area contributed by atoms with Gasteiger partial charge in [0.05, 0.1) is 24.1 Å². The van der Waals surface area contributed by atoms with Crippen LogP contribution in [0.1, 0.15) is 6.42 Å². The molecule has 22 heavy (non-hydrogen) atoms. The molecule has 120 valence electrons. The van der Waals surface area contributed by atoms with Gasteiger partial charge in [-0.15, -0.1) is 0 Å². The molecular formula is C13H17N3O6. The Kier molecular flexibility index (Phi) is 5.81. The van der Waals surface area contributed by atoms with Gasteiger partial charge in [-0.25, -0.2) is 0 Å². The van der Waals surface area contributed by atoms with Crippen molar-refractivity contribution < 1.29 is 24.4 Å². The monoisotopic (exact) mass is 311 g/mol. The average molecular weight is 311 g/mol. The Bertz CT molecular complexity index is 587. The van der Waals surface area contributed by atoms with E-state index in [-0.39, 0.29) is 23.5 Å². The molecule has 1 aromatic rings. The predicted molar refractivity (Wildman–Crippen MR) is 78.0 cm³/mol. The van der Waals surface area contributed by atoms with Gasteiger partial charge < -0.3 is 15.2 Å². The van der Waals surface area contributed by atoms with E-state index < -0.39 is 22.8 Å². The molecule has 0 aliphatic heterocycles. The molecule has 0 radical (unpaired) electrons. The smallest absolute Gasteiger partial charge is 0.321 e. The maximum absolute atomic E-state index is 12.0. The lowest BCUT2D eigenvalue weighted by molar-refractivity contribution is -0.384. The molecule has 0 fully saturated rings. The number of carbonyl (C=O) groups excluding carboxylic acids is 1. The number of nitro benzene ring substituents is 1. The molecule has 9 heteroatoms. The minimum Gasteiger partial charge on any atom is -0.495 e. The third-order valence-corrected chi connectivity index (χ3v) is 2.96. The van der Waals surface area contributed by atoms with Crippen LogP contribution in [-0.4, -0.2) is 54.1 Å². The van der Waals surface area contributed by atoms with E-state index >= 15 is 0 Å². The Labute approximate surface area is 126 Å². The summed E-state index contributed by atoms with van der Waals surface area (Å²) in [5.74, 6) is -1.47. The summed E-state index contributed by atoms with van der Waals surface area (Å²) in [5, 5.41) is 22.2. The Morgan fingerprint density at radius 3 is 2.55 bits per heavy atom. The fourth-order valence-electron chi connectivity index (χ4n) is 1.77. The van der Waals surface area contributed by atoms with Gasteiger partial charge in [-0.05, 0) is 20.2 Å². The van der Waals surface area contributed by atoms with Gasteiger partial charge in [0.1, 0.15) is 11.8 Å². The van der Waals surface area contributed by atoms with Crippen molar-refractivity contribution in [2.45, 2.75) is 12.5 Å². The Morgan fingerprint density at radius 2 is 2.09 bits per heavy atom. The van der Waals surface area contributed by atoms with Crippen LogP contribution in [0.3, 0.4) is 0 Å². The van der Waals surface area contributed by atoms with Gasteiger partial charge in [0, 0.05) is 12.1 Å². The number of hydrogen-bond donors (Lipinski definition) is 2. The second-order valence-electron chi connectivity index (χ2n) is 4.71. The van der Waals surface area contributed by atoms with Gasteiger partial charge >= 0.3 is 5.97 Å². The van der Waals surface area contributed by atoms with Crippen LogP contribution in [0, 0.1) is 10.1 Å². The van der Waals surface area contributed by atoms with E-state index in [4.69, 9.17) is 9.84 Å². The molecule has 1 amide bonds. The number of aliphatic carboxylic acids is 1. The molecule has 2 N–H and O–H groups in total. The Balaban J connectivity index is 2.93. The fraction of sp³-hybridized carbons (Fsp3) is 0.385. The zero-order valence-corrected chi connectivity index (χ0v) is 12.4. The molecule has 0 heterocycles. The van der Waals surface area contributed by atoms with E-state index in [2.05, 4.69) is 5.32 Å². The summed E-state index contributed by atoms with van der Waals surface area (Å²) in [6.07, 6.45) is -0.297. The number of rotatable bonds is 7. The molecule has 0 saturated carbocycles. The fourth-order valence-corrected chi connectivity index (χ4v) is 1.77. The highest BCUT2D eigenvalue weighted by Gasteiger charge is 2.24. The number of carbonyl (C=O) groups is 2. The number of nitrogens with zero attached hydrogens (tertiary/aromatic N) is 2. The SMILES string of the molecule is COc1ccc([N+](=O)[O-])cc1NC(=O)CC(C(=O)O)N(C)C. The van der Waals surface area contributed by atoms with E-state index in [0.29, 0.717) is 0 Å². The van der Waals surface area contributed by atoms with Crippen LogP contribution in [0.2, 0.25) is 0 Å². The number of anilines is 1. The van der Waals surface area contributed by atoms with E-state index in [1.54, 1.807) is 14.1 Å². The Hall–Kier alpha value is -2.68. The lowest BCUT2D eigenvalue weighted by atomic mass is 10.1. The molecule has 0 spiro atoms. The first kappa shape index (κ1) is 17.4. The van der Waals surface area contributed by atoms with Crippen LogP contribution in [-0.2, 0) is 9.59 Å². The van der Waals surface area contributed by atoms with E-state index in [1.165, 1.54) is 24.1 Å². The summed E-state index contributed by atoms with van der Waals surface area (Å²) >= 11 is 0. The second-order valence-corrected chi connectivity index (χ2v) is 4.71. The molecule has 0 saturated heterocycles. The third-order valence-electron chi connectivity index (χ3n) is 2.96. The van der Waals surface area contributed by atoms with Crippen LogP contribution in [0.25, 0.3) is 0 Å². The van der Waals surface area contributed by atoms with E-state index in [0.717, 1.165) is 6.07 Å². The molecule has 0 aliphatic rings. The van der Waals surface area contributed by atoms with Gasteiger partial charge in [-0.2, -0.15) is 0 Å². The highest BCUT2D eigenvalue weighted by atomic mass is 16.6. The van der Waals surface area contributed by atoms with Crippen LogP contribution in [0.4, 0.5) is 11.4 Å². The van der Waals surface area contributed by atoms with Crippen LogP contribution in [0.5, 0.6) is 5.75 Å². The number of methoxy groups -OCH3 is 1. The van der Waals surface area contributed by atoms with Crippen LogP contribution in [0.15, 0.2) is 18.2 Å². The molecule has 0 bridgehead atoms. The molecular weight excluding hydrogens is 294 g/mol. The van der Waals surface area contributed by atoms with Crippen molar-refractivity contribution in [3.05, 3.63) is 28.3 Å². The summed E-state index contributed by atoms with van der Waals surface area (Å²) in [4.78, 5) is 34.6. The minimum atomic E-state index is -1.13. The number of ether oxygens (including phenoxy) is 1. The van der Waals surface area contributed by atoms with Crippen molar-refractivity contribution in [2.75, 3.05) is 26.5 Å². The molecule has 0 aliphatic carbocycles. The zero-order chi connectivity index (χ0) is 16.9. The highest BCUT2D eigenvalue weighted by molar-refractivity contribution is 5.95. The van der Waals surface area contributed by atoms with Crippen LogP contribution < -0.4 is 10.1 Å². The number of nitrogens with one attached hydrogen (secondary N) is 1. The van der Waals surface area contributed by atoms with Crippen molar-refractivity contribution in [3.8, 4) is 5.75 Å². The summed E-state index contributed by atoms with van der Waals surface area (Å²) < 4.78 is 5.02. The highest BCUT2D eigenvalue weighted by Crippen LogP contribution is 2.29. The molecule has 0 aromatic heterocycles. The number of nitro groups is 1. The van der Waals surface area contributed by atoms with Crippen molar-refractivity contribution >= 4 is 23.3 Å². The van der Waals surface area contributed by atoms with E-state index in [1.807, 2.05) is 0 Å². The number of likely N-dealkylation sites (N-methyl/N-ethyl adjacent to an activating group) is 1. The van der Waals surface area contributed by atoms with Gasteiger partial charge in [-0.3, -0.25) is 24.6 Å². The maximum Gasteiger partial charge on any atom is 0.321 e. The average Bonchev–Trinajstić information content (AvgIpc) is 2.43. The summed E-state index contributed by atoms with van der Waals surface area (Å²) in [5.41, 5.74) is -0.0944. The van der Waals surface area contributed by atoms with Crippen molar-refractivity contribution in [2.24, 2.45) is 0 Å². The lowest BCUT2D eigenvalue weighted by Gasteiger charge is -2.19. The summed E-state index contributed by atoms with van der Waals surface area (Å²) in [6.45, 7) is 0. The first-order valence-corrected chi connectivity index (χ1v) is 6.27. The Morgan fingerprint density at radius 1 is 1.45 bits per heavy atom. The summed E-state index contributed by atoms with van der Waals surface area (Å²) in [6, 6.07) is 2.76. The molecule has 1 rings (SSSR count). The number of non-ortho nitro benzene ring substituents is 1. The standard InChI is InChI=1S/C13H17N3O6/c1-15(2)10(13(18)19)7-12(17)14-9-6-8(16(20)21)4-5-11(9)22-3/h4-6,10H,7H2,1-3H3,(H,14,17)(H,18,19).